The minimum atomic E-state index is -2.45. The predicted molar refractivity (Wildman–Crippen MR) is 141 cm³/mol. The zero-order valence-corrected chi connectivity index (χ0v) is 21.1. The van der Waals surface area contributed by atoms with Crippen molar-refractivity contribution in [1.29, 1.82) is 0 Å². The van der Waals surface area contributed by atoms with E-state index in [1.807, 2.05) is 38.8 Å². The van der Waals surface area contributed by atoms with Crippen LogP contribution in [0.4, 0.5) is 0 Å². The van der Waals surface area contributed by atoms with E-state index in [2.05, 4.69) is 72.8 Å². The maximum absolute atomic E-state index is 13.1. The summed E-state index contributed by atoms with van der Waals surface area (Å²) >= 11 is 0. The van der Waals surface area contributed by atoms with Crippen LogP contribution in [0, 0.1) is 0 Å². The number of rotatable bonds is 2. The number of benzene rings is 4. The summed E-state index contributed by atoms with van der Waals surface area (Å²) in [6.45, 7) is 7.34. The number of hydrogen-bond donors (Lipinski definition) is 0. The van der Waals surface area contributed by atoms with Gasteiger partial charge >= 0.3 is 0 Å². The molecule has 33 heavy (non-hydrogen) atoms. The molecule has 4 aromatic rings. The van der Waals surface area contributed by atoms with Gasteiger partial charge < -0.3 is 9.13 Å². The van der Waals surface area contributed by atoms with Crippen molar-refractivity contribution in [2.75, 3.05) is 26.7 Å². The minimum absolute atomic E-state index is 0.506. The Balaban J connectivity index is 1.82. The Kier molecular flexibility index (Phi) is 4.24. The molecule has 2 nitrogen and oxygen atoms in total. The highest BCUT2D eigenvalue weighted by molar-refractivity contribution is 7.70. The summed E-state index contributed by atoms with van der Waals surface area (Å²) in [5, 5.41) is 1.79. The molecule has 164 valence electrons. The van der Waals surface area contributed by atoms with Gasteiger partial charge in [0, 0.05) is 10.6 Å². The first-order valence-electron chi connectivity index (χ1n) is 11.2. The Hall–Kier alpha value is -2.66. The third kappa shape index (κ3) is 2.75. The second-order valence-corrected chi connectivity index (χ2v) is 16.4. The van der Waals surface area contributed by atoms with Crippen molar-refractivity contribution in [3.05, 3.63) is 107 Å². The maximum Gasteiger partial charge on any atom is 0.109 e. The molecule has 0 radical (unpaired) electrons. The van der Waals surface area contributed by atoms with E-state index in [1.165, 1.54) is 44.5 Å². The molecule has 0 amide bonds. The first-order valence-corrected chi connectivity index (χ1v) is 16.4. The van der Waals surface area contributed by atoms with Gasteiger partial charge in [-0.25, -0.2) is 0 Å². The summed E-state index contributed by atoms with van der Waals surface area (Å²) in [6, 6.07) is 29.9. The van der Waals surface area contributed by atoms with Crippen LogP contribution in [0.1, 0.15) is 22.3 Å². The first-order chi connectivity index (χ1) is 15.6. The SMILES string of the molecule is CP(C)(=O)c1ccc2c(c1)C1(c3ccccc3-2)c2ccccc2-c2ccc(P(C)(C)=O)cc21. The summed E-state index contributed by atoms with van der Waals surface area (Å²) in [7, 11) is -4.90. The maximum atomic E-state index is 13.1. The Morgan fingerprint density at radius 1 is 0.485 bits per heavy atom. The highest BCUT2D eigenvalue weighted by Gasteiger charge is 2.52. The molecule has 4 heteroatoms. The van der Waals surface area contributed by atoms with Gasteiger partial charge in [0.05, 0.1) is 5.41 Å². The smallest absolute Gasteiger partial charge is 0.109 e. The number of hydrogen-bond acceptors (Lipinski definition) is 2. The van der Waals surface area contributed by atoms with Crippen LogP contribution in [0.5, 0.6) is 0 Å². The highest BCUT2D eigenvalue weighted by atomic mass is 31.2. The Morgan fingerprint density at radius 2 is 0.848 bits per heavy atom. The van der Waals surface area contributed by atoms with Crippen molar-refractivity contribution in [1.82, 2.24) is 0 Å². The molecule has 4 aromatic carbocycles. The average molecular weight is 468 g/mol. The van der Waals surface area contributed by atoms with Crippen LogP contribution in [-0.4, -0.2) is 26.7 Å². The number of fused-ring (bicyclic) bond motifs is 10. The van der Waals surface area contributed by atoms with Gasteiger partial charge in [0.2, 0.25) is 0 Å². The van der Waals surface area contributed by atoms with Crippen LogP contribution in [-0.2, 0) is 14.5 Å². The van der Waals surface area contributed by atoms with Crippen LogP contribution in [0.15, 0.2) is 84.9 Å². The molecule has 0 unspecified atom stereocenters. The first kappa shape index (κ1) is 20.9. The topological polar surface area (TPSA) is 34.1 Å². The standard InChI is InChI=1S/C29H26O2P2/c1-32(2,30)19-13-15-23-21-9-5-7-11-25(21)29(27(23)17-19)26-12-8-6-10-22(26)24-16-14-20(18-28(24)29)33(3,4)31/h5-18H,1-4H3. The van der Waals surface area contributed by atoms with E-state index in [1.54, 1.807) is 0 Å². The van der Waals surface area contributed by atoms with Gasteiger partial charge in [0.15, 0.2) is 0 Å². The molecule has 0 saturated heterocycles. The van der Waals surface area contributed by atoms with Crippen molar-refractivity contribution in [2.45, 2.75) is 5.41 Å². The second kappa shape index (κ2) is 6.69. The summed E-state index contributed by atoms with van der Waals surface area (Å²) < 4.78 is 26.3. The summed E-state index contributed by atoms with van der Waals surface area (Å²) in [6.07, 6.45) is 0. The van der Waals surface area contributed by atoms with E-state index in [4.69, 9.17) is 0 Å². The second-order valence-electron chi connectivity index (χ2n) is 10.0. The van der Waals surface area contributed by atoms with Crippen LogP contribution in [0.25, 0.3) is 22.3 Å². The van der Waals surface area contributed by atoms with Crippen molar-refractivity contribution in [3.8, 4) is 22.3 Å². The molecule has 0 atom stereocenters. The van der Waals surface area contributed by atoms with Crippen LogP contribution < -0.4 is 10.6 Å². The Morgan fingerprint density at radius 3 is 1.24 bits per heavy atom. The molecule has 0 fully saturated rings. The lowest BCUT2D eigenvalue weighted by Crippen LogP contribution is -2.27. The monoisotopic (exact) mass is 468 g/mol. The fraction of sp³-hybridized carbons (Fsp3) is 0.172. The molecule has 0 aliphatic heterocycles. The van der Waals surface area contributed by atoms with Crippen molar-refractivity contribution in [2.24, 2.45) is 0 Å². The summed E-state index contributed by atoms with van der Waals surface area (Å²) in [5.41, 5.74) is 9.13. The molecular weight excluding hydrogens is 442 g/mol. The molecule has 0 aromatic heterocycles. The average Bonchev–Trinajstić information content (AvgIpc) is 3.24. The fourth-order valence-corrected chi connectivity index (χ4v) is 7.53. The molecule has 6 rings (SSSR count). The third-order valence-corrected chi connectivity index (χ3v) is 10.3. The highest BCUT2D eigenvalue weighted by Crippen LogP contribution is 2.63. The van der Waals surface area contributed by atoms with Gasteiger partial charge in [0.1, 0.15) is 14.3 Å². The molecule has 0 heterocycles. The van der Waals surface area contributed by atoms with Gasteiger partial charge in [-0.05, 0) is 83.3 Å². The van der Waals surface area contributed by atoms with Crippen molar-refractivity contribution >= 4 is 24.9 Å². The van der Waals surface area contributed by atoms with Crippen LogP contribution >= 0.6 is 14.3 Å². The molecule has 1 spiro atoms. The van der Waals surface area contributed by atoms with E-state index >= 15 is 0 Å². The van der Waals surface area contributed by atoms with Gasteiger partial charge in [-0.1, -0.05) is 72.8 Å². The van der Waals surface area contributed by atoms with E-state index in [0.29, 0.717) is 0 Å². The Labute approximate surface area is 195 Å². The molecule has 0 bridgehead atoms. The van der Waals surface area contributed by atoms with E-state index < -0.39 is 19.7 Å². The van der Waals surface area contributed by atoms with Gasteiger partial charge in [0.25, 0.3) is 0 Å². The summed E-state index contributed by atoms with van der Waals surface area (Å²) in [5.74, 6) is 0. The molecule has 0 saturated carbocycles. The third-order valence-electron chi connectivity index (χ3n) is 7.30. The molecule has 2 aliphatic carbocycles. The molecule has 0 N–H and O–H groups in total. The Bertz CT molecular complexity index is 1450. The molecular formula is C29H26O2P2. The lowest BCUT2D eigenvalue weighted by atomic mass is 9.70. The van der Waals surface area contributed by atoms with E-state index in [0.717, 1.165) is 10.6 Å². The quantitative estimate of drug-likeness (QED) is 0.271. The normalized spacial score (nSPS) is 15.2. The van der Waals surface area contributed by atoms with Crippen LogP contribution in [0.2, 0.25) is 0 Å². The lowest BCUT2D eigenvalue weighted by Gasteiger charge is -2.31. The van der Waals surface area contributed by atoms with Crippen LogP contribution in [0.3, 0.4) is 0 Å². The van der Waals surface area contributed by atoms with E-state index in [-0.39, 0.29) is 0 Å². The van der Waals surface area contributed by atoms with Crippen molar-refractivity contribution in [3.63, 3.8) is 0 Å². The van der Waals surface area contributed by atoms with Gasteiger partial charge in [-0.15, -0.1) is 0 Å². The zero-order chi connectivity index (χ0) is 23.2. The zero-order valence-electron chi connectivity index (χ0n) is 19.3. The van der Waals surface area contributed by atoms with Gasteiger partial charge in [-0.3, -0.25) is 0 Å². The largest absolute Gasteiger partial charge is 0.319 e. The van der Waals surface area contributed by atoms with E-state index in [9.17, 15) is 9.13 Å². The fourth-order valence-electron chi connectivity index (χ4n) is 5.79. The van der Waals surface area contributed by atoms with Crippen molar-refractivity contribution < 1.29 is 9.13 Å². The summed E-state index contributed by atoms with van der Waals surface area (Å²) in [4.78, 5) is 0. The molecule has 2 aliphatic rings. The van der Waals surface area contributed by atoms with Gasteiger partial charge in [-0.2, -0.15) is 0 Å². The lowest BCUT2D eigenvalue weighted by molar-refractivity contribution is 0.587. The predicted octanol–water partition coefficient (Wildman–Crippen LogP) is 6.53. The minimum Gasteiger partial charge on any atom is -0.319 e.